The first-order valence-corrected chi connectivity index (χ1v) is 5.16. The van der Waals surface area contributed by atoms with Gasteiger partial charge in [-0.25, -0.2) is 13.8 Å². The molecule has 4 heteroatoms. The van der Waals surface area contributed by atoms with Crippen LogP contribution in [0.2, 0.25) is 0 Å². The lowest BCUT2D eigenvalue weighted by molar-refractivity contribution is 0.590. The van der Waals surface area contributed by atoms with E-state index in [1.54, 1.807) is 6.07 Å². The number of anilines is 1. The largest absolute Gasteiger partial charge is 0.398 e. The van der Waals surface area contributed by atoms with Gasteiger partial charge in [-0.1, -0.05) is 13.3 Å². The summed E-state index contributed by atoms with van der Waals surface area (Å²) in [7, 11) is 0. The third kappa shape index (κ3) is 1.83. The van der Waals surface area contributed by atoms with E-state index >= 15 is 0 Å². The molecule has 2 rings (SSSR count). The average molecular weight is 222 g/mol. The molecule has 0 amide bonds. The van der Waals surface area contributed by atoms with Crippen molar-refractivity contribution in [3.63, 3.8) is 0 Å². The van der Waals surface area contributed by atoms with Crippen LogP contribution >= 0.6 is 0 Å². The fourth-order valence-corrected chi connectivity index (χ4v) is 1.72. The summed E-state index contributed by atoms with van der Waals surface area (Å²) in [5.41, 5.74) is 7.00. The number of nitrogens with zero attached hydrogens (tertiary/aromatic N) is 1. The highest BCUT2D eigenvalue weighted by molar-refractivity contribution is 5.90. The van der Waals surface area contributed by atoms with Crippen LogP contribution in [-0.2, 0) is 6.42 Å². The van der Waals surface area contributed by atoms with Crippen LogP contribution in [0.5, 0.6) is 0 Å². The third-order valence-electron chi connectivity index (χ3n) is 2.42. The van der Waals surface area contributed by atoms with E-state index in [9.17, 15) is 8.78 Å². The molecule has 0 spiro atoms. The third-order valence-corrected chi connectivity index (χ3v) is 2.42. The van der Waals surface area contributed by atoms with E-state index in [1.165, 1.54) is 6.07 Å². The molecular formula is C12H12F2N2. The van der Waals surface area contributed by atoms with Crippen LogP contribution in [0.1, 0.15) is 19.0 Å². The molecular weight excluding hydrogens is 210 g/mol. The Morgan fingerprint density at radius 3 is 2.69 bits per heavy atom. The summed E-state index contributed by atoms with van der Waals surface area (Å²) < 4.78 is 26.5. The molecule has 1 heterocycles. The van der Waals surface area contributed by atoms with Crippen molar-refractivity contribution >= 4 is 16.6 Å². The topological polar surface area (TPSA) is 38.9 Å². The van der Waals surface area contributed by atoms with Gasteiger partial charge in [0, 0.05) is 22.8 Å². The van der Waals surface area contributed by atoms with Crippen molar-refractivity contribution in [2.24, 2.45) is 0 Å². The molecule has 0 saturated carbocycles. The molecule has 0 aliphatic carbocycles. The SMILES string of the molecule is CCCc1cc(N)c2cc(F)cc(F)c2n1. The lowest BCUT2D eigenvalue weighted by atomic mass is 10.1. The van der Waals surface area contributed by atoms with E-state index in [-0.39, 0.29) is 5.52 Å². The zero-order chi connectivity index (χ0) is 11.7. The number of halogens is 2. The second-order valence-electron chi connectivity index (χ2n) is 3.74. The van der Waals surface area contributed by atoms with Crippen LogP contribution in [-0.4, -0.2) is 4.98 Å². The van der Waals surface area contributed by atoms with Gasteiger partial charge in [0.2, 0.25) is 0 Å². The van der Waals surface area contributed by atoms with Gasteiger partial charge in [-0.3, -0.25) is 0 Å². The van der Waals surface area contributed by atoms with Gasteiger partial charge in [0.05, 0.1) is 0 Å². The molecule has 0 atom stereocenters. The van der Waals surface area contributed by atoms with Crippen LogP contribution in [0.25, 0.3) is 10.9 Å². The Morgan fingerprint density at radius 2 is 2.00 bits per heavy atom. The summed E-state index contributed by atoms with van der Waals surface area (Å²) in [5, 5.41) is 0.331. The standard InChI is InChI=1S/C12H12F2N2/c1-2-3-8-6-11(15)9-4-7(13)5-10(14)12(9)16-8/h4-6H,2-3H2,1H3,(H2,15,16). The number of fused-ring (bicyclic) bond motifs is 1. The Labute approximate surface area is 92.1 Å². The Bertz CT molecular complexity index is 538. The molecule has 0 fully saturated rings. The van der Waals surface area contributed by atoms with Gasteiger partial charge in [0.1, 0.15) is 11.3 Å². The lowest BCUT2D eigenvalue weighted by Gasteiger charge is -2.06. The second-order valence-corrected chi connectivity index (χ2v) is 3.74. The number of nitrogen functional groups attached to an aromatic ring is 1. The first-order chi connectivity index (χ1) is 7.61. The summed E-state index contributed by atoms with van der Waals surface area (Å²) in [6, 6.07) is 3.70. The average Bonchev–Trinajstić information content (AvgIpc) is 2.20. The van der Waals surface area contributed by atoms with Crippen LogP contribution in [0, 0.1) is 11.6 Å². The minimum absolute atomic E-state index is 0.143. The molecule has 84 valence electrons. The fraction of sp³-hybridized carbons (Fsp3) is 0.250. The van der Waals surface area contributed by atoms with Crippen LogP contribution in [0.3, 0.4) is 0 Å². The molecule has 0 bridgehead atoms. The van der Waals surface area contributed by atoms with Crippen LogP contribution in [0.15, 0.2) is 18.2 Å². The first kappa shape index (κ1) is 10.8. The molecule has 2 aromatic rings. The van der Waals surface area contributed by atoms with Gasteiger partial charge in [0.25, 0.3) is 0 Å². The van der Waals surface area contributed by atoms with Gasteiger partial charge in [0.15, 0.2) is 5.82 Å². The zero-order valence-electron chi connectivity index (χ0n) is 8.93. The summed E-state index contributed by atoms with van der Waals surface area (Å²) in [4.78, 5) is 4.14. The zero-order valence-corrected chi connectivity index (χ0v) is 8.93. The summed E-state index contributed by atoms with van der Waals surface area (Å²) in [5.74, 6) is -1.30. The van der Waals surface area contributed by atoms with Crippen LogP contribution < -0.4 is 5.73 Å². The Balaban J connectivity index is 2.71. The van der Waals surface area contributed by atoms with E-state index in [0.717, 1.165) is 24.6 Å². The first-order valence-electron chi connectivity index (χ1n) is 5.16. The molecule has 0 unspecified atom stereocenters. The maximum atomic E-state index is 13.5. The number of rotatable bonds is 2. The molecule has 2 N–H and O–H groups in total. The molecule has 2 nitrogen and oxygen atoms in total. The lowest BCUT2D eigenvalue weighted by Crippen LogP contribution is -1.98. The number of hydrogen-bond acceptors (Lipinski definition) is 2. The summed E-state index contributed by atoms with van der Waals surface area (Å²) in [6.45, 7) is 2.00. The Kier molecular flexibility index (Phi) is 2.73. The van der Waals surface area contributed by atoms with Crippen molar-refractivity contribution in [1.82, 2.24) is 4.98 Å². The Morgan fingerprint density at radius 1 is 1.25 bits per heavy atom. The highest BCUT2D eigenvalue weighted by Crippen LogP contribution is 2.24. The number of benzene rings is 1. The van der Waals surface area contributed by atoms with E-state index in [4.69, 9.17) is 5.73 Å². The summed E-state index contributed by atoms with van der Waals surface area (Å²) >= 11 is 0. The number of pyridine rings is 1. The molecule has 0 aliphatic rings. The van der Waals surface area contributed by atoms with Crippen molar-refractivity contribution in [3.8, 4) is 0 Å². The van der Waals surface area contributed by atoms with Gasteiger partial charge < -0.3 is 5.73 Å². The summed E-state index contributed by atoms with van der Waals surface area (Å²) in [6.07, 6.45) is 1.64. The van der Waals surface area contributed by atoms with E-state index in [1.807, 2.05) is 6.92 Å². The highest BCUT2D eigenvalue weighted by atomic mass is 19.1. The normalized spacial score (nSPS) is 10.9. The van der Waals surface area contributed by atoms with Gasteiger partial charge >= 0.3 is 0 Å². The number of aryl methyl sites for hydroxylation is 1. The van der Waals surface area contributed by atoms with Crippen molar-refractivity contribution < 1.29 is 8.78 Å². The molecule has 0 radical (unpaired) electrons. The molecule has 0 saturated heterocycles. The quantitative estimate of drug-likeness (QED) is 0.848. The van der Waals surface area contributed by atoms with E-state index in [0.29, 0.717) is 11.1 Å². The Hall–Kier alpha value is -1.71. The molecule has 16 heavy (non-hydrogen) atoms. The van der Waals surface area contributed by atoms with E-state index < -0.39 is 11.6 Å². The minimum atomic E-state index is -0.667. The van der Waals surface area contributed by atoms with E-state index in [2.05, 4.69) is 4.98 Å². The van der Waals surface area contributed by atoms with Crippen molar-refractivity contribution in [1.29, 1.82) is 0 Å². The predicted octanol–water partition coefficient (Wildman–Crippen LogP) is 3.05. The smallest absolute Gasteiger partial charge is 0.152 e. The molecule has 1 aromatic heterocycles. The number of aromatic nitrogens is 1. The maximum absolute atomic E-state index is 13.5. The van der Waals surface area contributed by atoms with Gasteiger partial charge in [-0.05, 0) is 18.6 Å². The van der Waals surface area contributed by atoms with Gasteiger partial charge in [-0.2, -0.15) is 0 Å². The van der Waals surface area contributed by atoms with Crippen molar-refractivity contribution in [3.05, 3.63) is 35.5 Å². The van der Waals surface area contributed by atoms with Crippen molar-refractivity contribution in [2.75, 3.05) is 5.73 Å². The second kappa shape index (κ2) is 4.04. The number of hydrogen-bond donors (Lipinski definition) is 1. The number of nitrogens with two attached hydrogens (primary N) is 1. The molecule has 1 aromatic carbocycles. The van der Waals surface area contributed by atoms with Crippen LogP contribution in [0.4, 0.5) is 14.5 Å². The minimum Gasteiger partial charge on any atom is -0.398 e. The highest BCUT2D eigenvalue weighted by Gasteiger charge is 2.09. The maximum Gasteiger partial charge on any atom is 0.152 e. The fourth-order valence-electron chi connectivity index (χ4n) is 1.72. The van der Waals surface area contributed by atoms with Gasteiger partial charge in [-0.15, -0.1) is 0 Å². The predicted molar refractivity (Wildman–Crippen MR) is 60.1 cm³/mol. The van der Waals surface area contributed by atoms with Crippen molar-refractivity contribution in [2.45, 2.75) is 19.8 Å². The molecule has 0 aliphatic heterocycles. The monoisotopic (exact) mass is 222 g/mol.